The van der Waals surface area contributed by atoms with Crippen molar-refractivity contribution in [3.63, 3.8) is 0 Å². The van der Waals surface area contributed by atoms with E-state index in [1.807, 2.05) is 0 Å². The van der Waals surface area contributed by atoms with Gasteiger partial charge in [0.25, 0.3) is 0 Å². The zero-order valence-electron chi connectivity index (χ0n) is 15.1. The molecule has 3 fully saturated rings. The molecule has 1 aromatic heterocycles. The quantitative estimate of drug-likeness (QED) is 0.830. The van der Waals surface area contributed by atoms with Gasteiger partial charge in [-0.1, -0.05) is 32.6 Å². The van der Waals surface area contributed by atoms with Gasteiger partial charge in [-0.25, -0.2) is 4.68 Å². The molecule has 4 rings (SSSR count). The summed E-state index contributed by atoms with van der Waals surface area (Å²) in [6.07, 6.45) is 11.9. The number of aromatic nitrogens is 4. The van der Waals surface area contributed by atoms with Gasteiger partial charge in [-0.3, -0.25) is 9.80 Å². The number of hydrogen-bond donors (Lipinski definition) is 0. The Kier molecular flexibility index (Phi) is 5.13. The third kappa shape index (κ3) is 3.23. The minimum atomic E-state index is 0.381. The normalized spacial score (nSPS) is 26.4. The number of nitrogens with zero attached hydrogens (tertiary/aromatic N) is 6. The maximum atomic E-state index is 4.45. The van der Waals surface area contributed by atoms with E-state index in [9.17, 15) is 0 Å². The first kappa shape index (κ1) is 16.5. The first-order valence-corrected chi connectivity index (χ1v) is 10.1. The highest BCUT2D eigenvalue weighted by molar-refractivity contribution is 4.97. The van der Waals surface area contributed by atoms with Gasteiger partial charge in [0.2, 0.25) is 0 Å². The van der Waals surface area contributed by atoms with Crippen LogP contribution in [0.4, 0.5) is 0 Å². The summed E-state index contributed by atoms with van der Waals surface area (Å²) >= 11 is 0. The Bertz CT molecular complexity index is 509. The highest BCUT2D eigenvalue weighted by Crippen LogP contribution is 2.33. The molecule has 2 saturated carbocycles. The second kappa shape index (κ2) is 7.48. The average Bonchev–Trinajstić information content (AvgIpc) is 3.37. The van der Waals surface area contributed by atoms with Crippen molar-refractivity contribution in [3.8, 4) is 0 Å². The van der Waals surface area contributed by atoms with Crippen molar-refractivity contribution < 1.29 is 0 Å². The largest absolute Gasteiger partial charge is 0.298 e. The summed E-state index contributed by atoms with van der Waals surface area (Å²) in [5.41, 5.74) is 0. The minimum absolute atomic E-state index is 0.381. The number of rotatable bonds is 5. The van der Waals surface area contributed by atoms with Crippen LogP contribution in [0.1, 0.15) is 82.6 Å². The van der Waals surface area contributed by atoms with E-state index in [0.717, 1.165) is 31.4 Å². The molecule has 0 spiro atoms. The van der Waals surface area contributed by atoms with E-state index in [1.165, 1.54) is 64.5 Å². The first-order chi connectivity index (χ1) is 11.9. The fourth-order valence-electron chi connectivity index (χ4n) is 5.12. The van der Waals surface area contributed by atoms with E-state index >= 15 is 0 Å². The smallest absolute Gasteiger partial charge is 0.168 e. The van der Waals surface area contributed by atoms with Crippen LogP contribution in [0.25, 0.3) is 0 Å². The van der Waals surface area contributed by atoms with Crippen molar-refractivity contribution in [2.75, 3.05) is 26.2 Å². The SMILES string of the molecule is CCC(c1nnnn1C1CCCC1)N1CCN(C2CCCC2)CC1. The molecule has 24 heavy (non-hydrogen) atoms. The lowest BCUT2D eigenvalue weighted by molar-refractivity contribution is 0.0638. The maximum Gasteiger partial charge on any atom is 0.168 e. The minimum Gasteiger partial charge on any atom is -0.298 e. The van der Waals surface area contributed by atoms with Crippen molar-refractivity contribution in [2.45, 2.75) is 82.8 Å². The van der Waals surface area contributed by atoms with Gasteiger partial charge in [-0.15, -0.1) is 5.10 Å². The summed E-state index contributed by atoms with van der Waals surface area (Å²) in [6, 6.07) is 1.77. The molecule has 1 unspecified atom stereocenters. The van der Waals surface area contributed by atoms with Crippen molar-refractivity contribution in [2.24, 2.45) is 0 Å². The van der Waals surface area contributed by atoms with Crippen molar-refractivity contribution in [3.05, 3.63) is 5.82 Å². The lowest BCUT2D eigenvalue weighted by atomic mass is 10.1. The van der Waals surface area contributed by atoms with E-state index in [-0.39, 0.29) is 0 Å². The monoisotopic (exact) mass is 332 g/mol. The lowest BCUT2D eigenvalue weighted by Crippen LogP contribution is -2.50. The first-order valence-electron chi connectivity index (χ1n) is 10.1. The lowest BCUT2D eigenvalue weighted by Gasteiger charge is -2.41. The van der Waals surface area contributed by atoms with Crippen LogP contribution in [0.3, 0.4) is 0 Å². The molecule has 1 atom stereocenters. The van der Waals surface area contributed by atoms with Crippen LogP contribution in [0.2, 0.25) is 0 Å². The van der Waals surface area contributed by atoms with Crippen LogP contribution in [0.15, 0.2) is 0 Å². The molecule has 0 aromatic carbocycles. The molecule has 0 bridgehead atoms. The van der Waals surface area contributed by atoms with Crippen LogP contribution in [-0.2, 0) is 0 Å². The van der Waals surface area contributed by atoms with E-state index in [1.54, 1.807) is 0 Å². The second-order valence-electron chi connectivity index (χ2n) is 7.85. The van der Waals surface area contributed by atoms with E-state index in [2.05, 4.69) is 36.9 Å². The van der Waals surface area contributed by atoms with Crippen LogP contribution < -0.4 is 0 Å². The summed E-state index contributed by atoms with van der Waals surface area (Å²) in [4.78, 5) is 5.36. The Labute approximate surface area is 145 Å². The molecule has 6 heteroatoms. The molecular weight excluding hydrogens is 300 g/mol. The van der Waals surface area contributed by atoms with Gasteiger partial charge >= 0.3 is 0 Å². The third-order valence-corrected chi connectivity index (χ3v) is 6.50. The van der Waals surface area contributed by atoms with E-state index in [4.69, 9.17) is 0 Å². The number of piperazine rings is 1. The average molecular weight is 332 g/mol. The van der Waals surface area contributed by atoms with Gasteiger partial charge < -0.3 is 0 Å². The van der Waals surface area contributed by atoms with Crippen LogP contribution in [0, 0.1) is 0 Å². The van der Waals surface area contributed by atoms with Crippen LogP contribution >= 0.6 is 0 Å². The molecule has 0 amide bonds. The summed E-state index contributed by atoms with van der Waals surface area (Å²) < 4.78 is 2.16. The molecule has 134 valence electrons. The second-order valence-corrected chi connectivity index (χ2v) is 7.85. The Morgan fingerprint density at radius 1 is 0.917 bits per heavy atom. The van der Waals surface area contributed by atoms with E-state index in [0.29, 0.717) is 12.1 Å². The number of hydrogen-bond acceptors (Lipinski definition) is 5. The zero-order valence-corrected chi connectivity index (χ0v) is 15.1. The van der Waals surface area contributed by atoms with Gasteiger partial charge in [-0.2, -0.15) is 0 Å². The highest BCUT2D eigenvalue weighted by atomic mass is 15.6. The Morgan fingerprint density at radius 3 is 2.17 bits per heavy atom. The summed E-state index contributed by atoms with van der Waals surface area (Å²) in [5, 5.41) is 12.8. The summed E-state index contributed by atoms with van der Waals surface area (Å²) in [5.74, 6) is 1.11. The molecule has 1 saturated heterocycles. The van der Waals surface area contributed by atoms with Crippen molar-refractivity contribution in [1.82, 2.24) is 30.0 Å². The van der Waals surface area contributed by atoms with Gasteiger partial charge in [-0.05, 0) is 42.5 Å². The predicted octanol–water partition coefficient (Wildman–Crippen LogP) is 2.80. The Morgan fingerprint density at radius 2 is 1.54 bits per heavy atom. The molecule has 2 heterocycles. The van der Waals surface area contributed by atoms with Gasteiger partial charge in [0.1, 0.15) is 0 Å². The Hall–Kier alpha value is -1.01. The van der Waals surface area contributed by atoms with Crippen LogP contribution in [-0.4, -0.2) is 62.2 Å². The van der Waals surface area contributed by atoms with Gasteiger partial charge in [0, 0.05) is 32.2 Å². The van der Waals surface area contributed by atoms with Gasteiger partial charge in [0.15, 0.2) is 5.82 Å². The molecule has 6 nitrogen and oxygen atoms in total. The molecule has 0 radical (unpaired) electrons. The predicted molar refractivity (Wildman–Crippen MR) is 93.8 cm³/mol. The highest BCUT2D eigenvalue weighted by Gasteiger charge is 2.32. The van der Waals surface area contributed by atoms with E-state index < -0.39 is 0 Å². The van der Waals surface area contributed by atoms with Crippen LogP contribution in [0.5, 0.6) is 0 Å². The van der Waals surface area contributed by atoms with Gasteiger partial charge in [0.05, 0.1) is 12.1 Å². The molecule has 0 N–H and O–H groups in total. The van der Waals surface area contributed by atoms with Crippen molar-refractivity contribution >= 4 is 0 Å². The standard InChI is InChI=1S/C18H32N6/c1-2-17(18-19-20-21-24(18)16-9-5-6-10-16)23-13-11-22(12-14-23)15-7-3-4-8-15/h15-17H,2-14H2,1H3. The summed E-state index contributed by atoms with van der Waals surface area (Å²) in [6.45, 7) is 7.03. The fourth-order valence-corrected chi connectivity index (χ4v) is 5.12. The maximum absolute atomic E-state index is 4.45. The molecule has 2 aliphatic carbocycles. The Balaban J connectivity index is 1.42. The fraction of sp³-hybridized carbons (Fsp3) is 0.944. The molecule has 1 aliphatic heterocycles. The molecule has 1 aromatic rings. The molecule has 3 aliphatic rings. The topological polar surface area (TPSA) is 50.1 Å². The summed E-state index contributed by atoms with van der Waals surface area (Å²) in [7, 11) is 0. The molecular formula is C18H32N6. The zero-order chi connectivity index (χ0) is 16.4. The van der Waals surface area contributed by atoms with Crippen molar-refractivity contribution in [1.29, 1.82) is 0 Å². The number of tetrazole rings is 1. The third-order valence-electron chi connectivity index (χ3n) is 6.50.